The summed E-state index contributed by atoms with van der Waals surface area (Å²) in [5, 5.41) is 0. The van der Waals surface area contributed by atoms with E-state index in [2.05, 4.69) is 16.2 Å². The van der Waals surface area contributed by atoms with Gasteiger partial charge in [-0.1, -0.05) is 0 Å². The minimum absolute atomic E-state index is 0.0151. The minimum Gasteiger partial charge on any atom is -0.321 e. The van der Waals surface area contributed by atoms with Crippen molar-refractivity contribution in [3.8, 4) is 0 Å². The second-order valence-electron chi connectivity index (χ2n) is 2.49. The Bertz CT molecular complexity index is 215. The van der Waals surface area contributed by atoms with Crippen LogP contribution in [0.1, 0.15) is 18.3 Å². The number of rotatable bonds is 4. The molecule has 1 atom stereocenters. The third kappa shape index (κ3) is 2.79. The Balaban J connectivity index is 2.48. The lowest BCUT2D eigenvalue weighted by Crippen LogP contribution is -2.14. The third-order valence-corrected chi connectivity index (χ3v) is 2.19. The molecule has 1 rings (SSSR count). The minimum atomic E-state index is -0.0151. The van der Waals surface area contributed by atoms with Crippen molar-refractivity contribution in [1.29, 1.82) is 0 Å². The van der Waals surface area contributed by atoms with Gasteiger partial charge in [0.2, 0.25) is 0 Å². The summed E-state index contributed by atoms with van der Waals surface area (Å²) in [6.45, 7) is 0. The van der Waals surface area contributed by atoms with Gasteiger partial charge in [0.1, 0.15) is 5.82 Å². The molecule has 66 valence electrons. The number of nitrogens with zero attached hydrogens (tertiary/aromatic N) is 2. The molecule has 4 heteroatoms. The van der Waals surface area contributed by atoms with Gasteiger partial charge >= 0.3 is 0 Å². The lowest BCUT2D eigenvalue weighted by Gasteiger charge is -2.07. The molecule has 0 aliphatic heterocycles. The summed E-state index contributed by atoms with van der Waals surface area (Å²) in [6, 6.07) is 1.78. The van der Waals surface area contributed by atoms with Crippen LogP contribution in [-0.4, -0.2) is 22.0 Å². The average molecular weight is 183 g/mol. The summed E-state index contributed by atoms with van der Waals surface area (Å²) in [5.41, 5.74) is 5.84. The molecule has 12 heavy (non-hydrogen) atoms. The monoisotopic (exact) mass is 183 g/mol. The molecule has 0 bridgehead atoms. The van der Waals surface area contributed by atoms with Crippen LogP contribution in [0, 0.1) is 0 Å². The SMILES string of the molecule is CSCCC(N)c1ncccn1. The van der Waals surface area contributed by atoms with Crippen LogP contribution in [-0.2, 0) is 0 Å². The van der Waals surface area contributed by atoms with Crippen LogP contribution in [0.25, 0.3) is 0 Å². The van der Waals surface area contributed by atoms with E-state index in [-0.39, 0.29) is 6.04 Å². The molecule has 0 aliphatic carbocycles. The quantitative estimate of drug-likeness (QED) is 0.762. The van der Waals surface area contributed by atoms with Crippen LogP contribution in [0.4, 0.5) is 0 Å². The van der Waals surface area contributed by atoms with E-state index >= 15 is 0 Å². The fourth-order valence-electron chi connectivity index (χ4n) is 0.876. The highest BCUT2D eigenvalue weighted by Crippen LogP contribution is 2.10. The first-order chi connectivity index (χ1) is 5.84. The zero-order valence-corrected chi connectivity index (χ0v) is 7.92. The first-order valence-electron chi connectivity index (χ1n) is 3.86. The molecule has 0 aromatic carbocycles. The zero-order valence-electron chi connectivity index (χ0n) is 7.10. The zero-order chi connectivity index (χ0) is 8.81. The van der Waals surface area contributed by atoms with Crippen molar-refractivity contribution in [2.24, 2.45) is 5.73 Å². The Morgan fingerprint density at radius 2 is 2.17 bits per heavy atom. The van der Waals surface area contributed by atoms with Crippen molar-refractivity contribution >= 4 is 11.8 Å². The molecular formula is C8H13N3S. The Morgan fingerprint density at radius 1 is 1.50 bits per heavy atom. The van der Waals surface area contributed by atoms with Gasteiger partial charge in [0, 0.05) is 12.4 Å². The molecule has 1 unspecified atom stereocenters. The third-order valence-electron chi connectivity index (χ3n) is 1.55. The van der Waals surface area contributed by atoms with Crippen LogP contribution in [0.2, 0.25) is 0 Å². The first-order valence-corrected chi connectivity index (χ1v) is 5.25. The summed E-state index contributed by atoms with van der Waals surface area (Å²) < 4.78 is 0. The number of aromatic nitrogens is 2. The number of hydrogen-bond acceptors (Lipinski definition) is 4. The standard InChI is InChI=1S/C8H13N3S/c1-12-6-3-7(9)8-10-4-2-5-11-8/h2,4-5,7H,3,6,9H2,1H3. The van der Waals surface area contributed by atoms with E-state index in [1.165, 1.54) is 0 Å². The van der Waals surface area contributed by atoms with E-state index < -0.39 is 0 Å². The maximum Gasteiger partial charge on any atom is 0.144 e. The highest BCUT2D eigenvalue weighted by Gasteiger charge is 2.06. The average Bonchev–Trinajstić information content (AvgIpc) is 2.15. The van der Waals surface area contributed by atoms with E-state index in [1.807, 2.05) is 0 Å². The van der Waals surface area contributed by atoms with Crippen LogP contribution >= 0.6 is 11.8 Å². The van der Waals surface area contributed by atoms with Crippen molar-refractivity contribution in [2.75, 3.05) is 12.0 Å². The Kier molecular flexibility index (Phi) is 4.04. The van der Waals surface area contributed by atoms with Crippen molar-refractivity contribution in [1.82, 2.24) is 9.97 Å². The molecule has 3 nitrogen and oxygen atoms in total. The van der Waals surface area contributed by atoms with Crippen molar-refractivity contribution < 1.29 is 0 Å². The normalized spacial score (nSPS) is 12.8. The van der Waals surface area contributed by atoms with Crippen LogP contribution in [0.5, 0.6) is 0 Å². The molecule has 0 radical (unpaired) electrons. The van der Waals surface area contributed by atoms with Gasteiger partial charge in [-0.3, -0.25) is 0 Å². The van der Waals surface area contributed by atoms with Gasteiger partial charge in [-0.25, -0.2) is 9.97 Å². The number of hydrogen-bond donors (Lipinski definition) is 1. The van der Waals surface area contributed by atoms with E-state index in [9.17, 15) is 0 Å². The maximum atomic E-state index is 5.84. The molecule has 0 spiro atoms. The summed E-state index contributed by atoms with van der Waals surface area (Å²) >= 11 is 1.79. The molecule has 0 saturated carbocycles. The Morgan fingerprint density at radius 3 is 2.75 bits per heavy atom. The van der Waals surface area contributed by atoms with E-state index in [1.54, 1.807) is 30.2 Å². The lowest BCUT2D eigenvalue weighted by molar-refractivity contribution is 0.654. The summed E-state index contributed by atoms with van der Waals surface area (Å²) in [4.78, 5) is 8.17. The second-order valence-corrected chi connectivity index (χ2v) is 3.48. The molecule has 1 heterocycles. The molecule has 0 aliphatic rings. The lowest BCUT2D eigenvalue weighted by atomic mass is 10.2. The van der Waals surface area contributed by atoms with Crippen molar-refractivity contribution in [3.05, 3.63) is 24.3 Å². The fourth-order valence-corrected chi connectivity index (χ4v) is 1.37. The van der Waals surface area contributed by atoms with Gasteiger partial charge in [0.15, 0.2) is 0 Å². The van der Waals surface area contributed by atoms with Gasteiger partial charge in [0.05, 0.1) is 6.04 Å². The highest BCUT2D eigenvalue weighted by atomic mass is 32.2. The predicted octanol–water partition coefficient (Wildman–Crippen LogP) is 1.23. The molecular weight excluding hydrogens is 170 g/mol. The summed E-state index contributed by atoms with van der Waals surface area (Å²) in [6.07, 6.45) is 6.45. The summed E-state index contributed by atoms with van der Waals surface area (Å²) in [7, 11) is 0. The van der Waals surface area contributed by atoms with Gasteiger partial charge in [-0.15, -0.1) is 0 Å². The smallest absolute Gasteiger partial charge is 0.144 e. The Labute approximate surface area is 76.8 Å². The fraction of sp³-hybridized carbons (Fsp3) is 0.500. The molecule has 1 aromatic rings. The Hall–Kier alpha value is -0.610. The summed E-state index contributed by atoms with van der Waals surface area (Å²) in [5.74, 6) is 1.80. The predicted molar refractivity (Wildman–Crippen MR) is 52.0 cm³/mol. The number of thioether (sulfide) groups is 1. The second kappa shape index (κ2) is 5.11. The van der Waals surface area contributed by atoms with E-state index in [4.69, 9.17) is 5.73 Å². The van der Waals surface area contributed by atoms with Crippen molar-refractivity contribution in [3.63, 3.8) is 0 Å². The molecule has 2 N–H and O–H groups in total. The van der Waals surface area contributed by atoms with Crippen LogP contribution in [0.15, 0.2) is 18.5 Å². The molecule has 0 fully saturated rings. The van der Waals surface area contributed by atoms with Gasteiger partial charge in [-0.2, -0.15) is 11.8 Å². The maximum absolute atomic E-state index is 5.84. The molecule has 0 saturated heterocycles. The van der Waals surface area contributed by atoms with Gasteiger partial charge in [0.25, 0.3) is 0 Å². The largest absolute Gasteiger partial charge is 0.321 e. The molecule has 0 amide bonds. The van der Waals surface area contributed by atoms with Crippen LogP contribution in [0.3, 0.4) is 0 Å². The molecule has 1 aromatic heterocycles. The van der Waals surface area contributed by atoms with Gasteiger partial charge in [-0.05, 0) is 24.5 Å². The first kappa shape index (κ1) is 9.48. The van der Waals surface area contributed by atoms with E-state index in [0.29, 0.717) is 0 Å². The van der Waals surface area contributed by atoms with Crippen molar-refractivity contribution in [2.45, 2.75) is 12.5 Å². The van der Waals surface area contributed by atoms with Gasteiger partial charge < -0.3 is 5.73 Å². The highest BCUT2D eigenvalue weighted by molar-refractivity contribution is 7.98. The van der Waals surface area contributed by atoms with E-state index in [0.717, 1.165) is 18.0 Å². The number of nitrogens with two attached hydrogens (primary N) is 1. The topological polar surface area (TPSA) is 51.8 Å². The van der Waals surface area contributed by atoms with Crippen LogP contribution < -0.4 is 5.73 Å².